The third-order valence-electron chi connectivity index (χ3n) is 5.23. The lowest BCUT2D eigenvalue weighted by Gasteiger charge is -2.09. The largest absolute Gasteiger partial charge is 0.462 e. The zero-order valence-electron chi connectivity index (χ0n) is 18.7. The van der Waals surface area contributed by atoms with E-state index in [9.17, 15) is 9.59 Å². The Morgan fingerprint density at radius 1 is 0.879 bits per heavy atom. The molecule has 0 aliphatic carbocycles. The van der Waals surface area contributed by atoms with Crippen molar-refractivity contribution in [3.05, 3.63) is 59.7 Å². The maximum Gasteiger partial charge on any atom is 0.344 e. The van der Waals surface area contributed by atoms with Crippen molar-refractivity contribution in [2.24, 2.45) is 0 Å². The second-order valence-corrected chi connectivity index (χ2v) is 7.65. The first-order valence-electron chi connectivity index (χ1n) is 11.1. The Morgan fingerprint density at radius 3 is 2.21 bits per heavy atom. The van der Waals surface area contributed by atoms with Crippen molar-refractivity contribution in [1.82, 2.24) is 14.5 Å². The minimum atomic E-state index is -0.543. The summed E-state index contributed by atoms with van der Waals surface area (Å²) in [5.74, 6) is -0.742. The Labute approximate surface area is 191 Å². The molecule has 33 heavy (non-hydrogen) atoms. The molecule has 0 radical (unpaired) electrons. The lowest BCUT2D eigenvalue weighted by atomic mass is 10.2. The molecule has 0 aliphatic rings. The molecule has 170 valence electrons. The van der Waals surface area contributed by atoms with Crippen LogP contribution in [-0.4, -0.2) is 39.7 Å². The van der Waals surface area contributed by atoms with E-state index in [1.165, 1.54) is 0 Å². The number of nitrogen functional groups attached to an aromatic ring is 1. The summed E-state index contributed by atoms with van der Waals surface area (Å²) in [4.78, 5) is 34.5. The molecule has 0 bridgehead atoms. The number of esters is 2. The van der Waals surface area contributed by atoms with Gasteiger partial charge in [0.2, 0.25) is 0 Å². The molecule has 2 aromatic carbocycles. The Bertz CT molecular complexity index is 1310. The smallest absolute Gasteiger partial charge is 0.344 e. The normalized spacial score (nSPS) is 11.1. The molecule has 8 heteroatoms. The summed E-state index contributed by atoms with van der Waals surface area (Å²) >= 11 is 0. The van der Waals surface area contributed by atoms with Gasteiger partial charge in [-0.1, -0.05) is 32.4 Å². The SMILES string of the molecule is CCCCOC(=O)c1ccc(-n2c(N)c(C(=O)OCCC)c3nc4ccccc4nc32)cc1. The maximum absolute atomic E-state index is 12.8. The second kappa shape index (κ2) is 9.68. The van der Waals surface area contributed by atoms with E-state index in [1.54, 1.807) is 28.8 Å². The number of benzene rings is 2. The van der Waals surface area contributed by atoms with E-state index in [4.69, 9.17) is 20.2 Å². The predicted molar refractivity (Wildman–Crippen MR) is 127 cm³/mol. The highest BCUT2D eigenvalue weighted by Gasteiger charge is 2.26. The molecular weight excluding hydrogens is 420 g/mol. The van der Waals surface area contributed by atoms with Crippen LogP contribution in [0.3, 0.4) is 0 Å². The van der Waals surface area contributed by atoms with Crippen LogP contribution in [0.1, 0.15) is 53.8 Å². The Hall–Kier alpha value is -3.94. The average Bonchev–Trinajstić information content (AvgIpc) is 3.11. The number of rotatable bonds is 8. The van der Waals surface area contributed by atoms with E-state index in [0.29, 0.717) is 46.5 Å². The van der Waals surface area contributed by atoms with Crippen LogP contribution in [0.2, 0.25) is 0 Å². The van der Waals surface area contributed by atoms with Crippen LogP contribution in [0.5, 0.6) is 0 Å². The number of hydrogen-bond acceptors (Lipinski definition) is 7. The van der Waals surface area contributed by atoms with Crippen LogP contribution in [0.25, 0.3) is 27.9 Å². The summed E-state index contributed by atoms with van der Waals surface area (Å²) in [6.07, 6.45) is 2.46. The minimum absolute atomic E-state index is 0.180. The molecule has 0 saturated carbocycles. The van der Waals surface area contributed by atoms with Crippen molar-refractivity contribution in [1.29, 1.82) is 0 Å². The number of carbonyl (C=O) groups excluding carboxylic acids is 2. The number of fused-ring (bicyclic) bond motifs is 2. The molecular formula is C25H26N4O4. The average molecular weight is 447 g/mol. The second-order valence-electron chi connectivity index (χ2n) is 7.65. The van der Waals surface area contributed by atoms with Gasteiger partial charge in [0.25, 0.3) is 0 Å². The predicted octanol–water partition coefficient (Wildman–Crippen LogP) is 4.68. The summed E-state index contributed by atoms with van der Waals surface area (Å²) in [7, 11) is 0. The molecule has 0 aliphatic heterocycles. The monoisotopic (exact) mass is 446 g/mol. The summed E-state index contributed by atoms with van der Waals surface area (Å²) in [6.45, 7) is 4.62. The van der Waals surface area contributed by atoms with Crippen LogP contribution >= 0.6 is 0 Å². The van der Waals surface area contributed by atoms with Crippen molar-refractivity contribution in [2.75, 3.05) is 18.9 Å². The molecule has 2 heterocycles. The Balaban J connectivity index is 1.81. The van der Waals surface area contributed by atoms with Gasteiger partial charge >= 0.3 is 11.9 Å². The highest BCUT2D eigenvalue weighted by molar-refractivity contribution is 6.09. The van der Waals surface area contributed by atoms with Crippen LogP contribution < -0.4 is 5.73 Å². The topological polar surface area (TPSA) is 109 Å². The Kier molecular flexibility index (Phi) is 6.53. The van der Waals surface area contributed by atoms with Gasteiger partial charge in [0.15, 0.2) is 5.65 Å². The molecule has 8 nitrogen and oxygen atoms in total. The van der Waals surface area contributed by atoms with Crippen molar-refractivity contribution < 1.29 is 19.1 Å². The lowest BCUT2D eigenvalue weighted by Crippen LogP contribution is -2.10. The fraction of sp³-hybridized carbons (Fsp3) is 0.280. The van der Waals surface area contributed by atoms with E-state index < -0.39 is 5.97 Å². The summed E-state index contributed by atoms with van der Waals surface area (Å²) < 4.78 is 12.3. The van der Waals surface area contributed by atoms with E-state index >= 15 is 0 Å². The molecule has 2 aromatic heterocycles. The number of unbranched alkanes of at least 4 members (excludes halogenated alkanes) is 1. The minimum Gasteiger partial charge on any atom is -0.462 e. The first kappa shape index (κ1) is 22.3. The van der Waals surface area contributed by atoms with Crippen molar-refractivity contribution >= 4 is 40.0 Å². The fourth-order valence-electron chi connectivity index (χ4n) is 3.53. The first-order chi connectivity index (χ1) is 16.0. The standard InChI is InChI=1S/C25H26N4O4/c1-3-5-15-33-24(30)16-10-12-17(13-11-16)29-22(26)20(25(31)32-14-4-2)21-23(29)28-19-9-7-6-8-18(19)27-21/h6-13H,3-5,14-15,26H2,1-2H3. The van der Waals surface area contributed by atoms with E-state index in [1.807, 2.05) is 38.1 Å². The molecule has 0 unspecified atom stereocenters. The number of anilines is 1. The highest BCUT2D eigenvalue weighted by Crippen LogP contribution is 2.31. The number of hydrogen-bond donors (Lipinski definition) is 1. The van der Waals surface area contributed by atoms with Crippen LogP contribution in [-0.2, 0) is 9.47 Å². The van der Waals surface area contributed by atoms with Gasteiger partial charge in [-0.2, -0.15) is 0 Å². The summed E-state index contributed by atoms with van der Waals surface area (Å²) in [5, 5.41) is 0. The van der Waals surface area contributed by atoms with Gasteiger partial charge in [0, 0.05) is 5.69 Å². The summed E-state index contributed by atoms with van der Waals surface area (Å²) in [6, 6.07) is 14.2. The van der Waals surface area contributed by atoms with Crippen molar-refractivity contribution in [2.45, 2.75) is 33.1 Å². The zero-order valence-corrected chi connectivity index (χ0v) is 18.7. The number of aromatic nitrogens is 3. The molecule has 0 fully saturated rings. The lowest BCUT2D eigenvalue weighted by molar-refractivity contribution is 0.0494. The van der Waals surface area contributed by atoms with Gasteiger partial charge in [-0.3, -0.25) is 4.57 Å². The first-order valence-corrected chi connectivity index (χ1v) is 11.1. The van der Waals surface area contributed by atoms with Crippen LogP contribution in [0.4, 0.5) is 5.82 Å². The quantitative estimate of drug-likeness (QED) is 0.309. The van der Waals surface area contributed by atoms with Crippen molar-refractivity contribution in [3.8, 4) is 5.69 Å². The van der Waals surface area contributed by atoms with Gasteiger partial charge in [-0.25, -0.2) is 19.6 Å². The molecule has 4 aromatic rings. The van der Waals surface area contributed by atoms with Crippen molar-refractivity contribution in [3.63, 3.8) is 0 Å². The molecule has 2 N–H and O–H groups in total. The fourth-order valence-corrected chi connectivity index (χ4v) is 3.53. The number of carbonyl (C=O) groups is 2. The number of ether oxygens (including phenoxy) is 2. The Morgan fingerprint density at radius 2 is 1.55 bits per heavy atom. The molecule has 0 spiro atoms. The molecule has 0 amide bonds. The number of para-hydroxylation sites is 2. The van der Waals surface area contributed by atoms with Crippen LogP contribution in [0, 0.1) is 0 Å². The number of nitrogens with zero attached hydrogens (tertiary/aromatic N) is 3. The van der Waals surface area contributed by atoms with Gasteiger partial charge in [0.1, 0.15) is 16.9 Å². The van der Waals surface area contributed by atoms with Gasteiger partial charge in [-0.15, -0.1) is 0 Å². The molecule has 4 rings (SSSR count). The van der Waals surface area contributed by atoms with E-state index in [-0.39, 0.29) is 24.0 Å². The van der Waals surface area contributed by atoms with Crippen LogP contribution in [0.15, 0.2) is 48.5 Å². The van der Waals surface area contributed by atoms with E-state index in [0.717, 1.165) is 12.8 Å². The van der Waals surface area contributed by atoms with Gasteiger partial charge < -0.3 is 15.2 Å². The third kappa shape index (κ3) is 4.37. The highest BCUT2D eigenvalue weighted by atomic mass is 16.5. The zero-order chi connectivity index (χ0) is 23.4. The molecule has 0 saturated heterocycles. The third-order valence-corrected chi connectivity index (χ3v) is 5.23. The molecule has 0 atom stereocenters. The van der Waals surface area contributed by atoms with E-state index in [2.05, 4.69) is 4.98 Å². The van der Waals surface area contributed by atoms with Gasteiger partial charge in [0.05, 0.1) is 29.8 Å². The summed E-state index contributed by atoms with van der Waals surface area (Å²) in [5.41, 5.74) is 9.84. The maximum atomic E-state index is 12.8. The number of nitrogens with two attached hydrogens (primary N) is 1. The van der Waals surface area contributed by atoms with Gasteiger partial charge in [-0.05, 0) is 49.2 Å².